The van der Waals surface area contributed by atoms with E-state index in [0.29, 0.717) is 28.0 Å². The van der Waals surface area contributed by atoms with Crippen LogP contribution in [0, 0.1) is 5.82 Å². The van der Waals surface area contributed by atoms with Crippen LogP contribution in [0.5, 0.6) is 5.75 Å². The van der Waals surface area contributed by atoms with E-state index in [1.165, 1.54) is 37.4 Å². The molecule has 0 atom stereocenters. The number of pyridine rings is 1. The van der Waals surface area contributed by atoms with Crippen molar-refractivity contribution in [2.75, 3.05) is 17.7 Å². The zero-order chi connectivity index (χ0) is 22.7. The number of H-pyrrole nitrogens is 1. The number of carbonyl (C=O) groups is 2. The Bertz CT molecular complexity index is 1360. The van der Waals surface area contributed by atoms with Gasteiger partial charge in [-0.15, -0.1) is 0 Å². The number of aromatic nitrogens is 1. The average molecular weight is 431 g/mol. The summed E-state index contributed by atoms with van der Waals surface area (Å²) in [5, 5.41) is 5.88. The van der Waals surface area contributed by atoms with E-state index < -0.39 is 23.2 Å². The average Bonchev–Trinajstić information content (AvgIpc) is 2.79. The number of methoxy groups -OCH3 is 1. The maximum atomic E-state index is 13.1. The van der Waals surface area contributed by atoms with E-state index in [1.807, 2.05) is 0 Å². The third-order valence-electron chi connectivity index (χ3n) is 4.83. The predicted octanol–water partition coefficient (Wildman–Crippen LogP) is 4.18. The molecule has 8 heteroatoms. The maximum Gasteiger partial charge on any atom is 0.261 e. The van der Waals surface area contributed by atoms with E-state index >= 15 is 0 Å². The van der Waals surface area contributed by atoms with E-state index in [9.17, 15) is 18.8 Å². The topological polar surface area (TPSA) is 100 Å². The minimum atomic E-state index is -0.599. The Morgan fingerprint density at radius 3 is 2.31 bits per heavy atom. The molecule has 0 aliphatic heterocycles. The first-order valence-electron chi connectivity index (χ1n) is 9.63. The van der Waals surface area contributed by atoms with Gasteiger partial charge in [-0.25, -0.2) is 4.39 Å². The molecular formula is C24H18FN3O4. The molecule has 4 aromatic rings. The van der Waals surface area contributed by atoms with Crippen molar-refractivity contribution in [3.8, 4) is 5.75 Å². The fourth-order valence-corrected chi connectivity index (χ4v) is 3.18. The summed E-state index contributed by atoms with van der Waals surface area (Å²) in [6.07, 6.45) is 0. The minimum absolute atomic E-state index is 0.114. The van der Waals surface area contributed by atoms with Crippen molar-refractivity contribution in [1.82, 2.24) is 4.98 Å². The Morgan fingerprint density at radius 2 is 1.62 bits per heavy atom. The Balaban J connectivity index is 1.65. The van der Waals surface area contributed by atoms with Crippen LogP contribution >= 0.6 is 0 Å². The molecule has 0 unspecified atom stereocenters. The lowest BCUT2D eigenvalue weighted by Gasteiger charge is -2.11. The molecule has 3 aromatic carbocycles. The number of fused-ring (bicyclic) bond motifs is 1. The molecule has 0 saturated carbocycles. The first-order chi connectivity index (χ1) is 15.4. The summed E-state index contributed by atoms with van der Waals surface area (Å²) >= 11 is 0. The smallest absolute Gasteiger partial charge is 0.261 e. The zero-order valence-electron chi connectivity index (χ0n) is 16.9. The Kier molecular flexibility index (Phi) is 5.67. The monoisotopic (exact) mass is 431 g/mol. The van der Waals surface area contributed by atoms with Gasteiger partial charge in [-0.1, -0.05) is 6.07 Å². The van der Waals surface area contributed by atoms with Crippen LogP contribution in [-0.4, -0.2) is 23.9 Å². The fourth-order valence-electron chi connectivity index (χ4n) is 3.18. The quantitative estimate of drug-likeness (QED) is 0.441. The molecule has 0 radical (unpaired) electrons. The summed E-state index contributed by atoms with van der Waals surface area (Å²) in [6, 6.07) is 18.2. The second-order valence-electron chi connectivity index (χ2n) is 6.92. The van der Waals surface area contributed by atoms with Crippen molar-refractivity contribution < 1.29 is 18.7 Å². The molecule has 0 fully saturated rings. The van der Waals surface area contributed by atoms with Gasteiger partial charge in [-0.3, -0.25) is 14.4 Å². The van der Waals surface area contributed by atoms with Crippen LogP contribution < -0.4 is 20.9 Å². The third-order valence-corrected chi connectivity index (χ3v) is 4.83. The standard InChI is InChI=1S/C24H18FN3O4/c1-32-17-11-9-16(10-12-17)26-23(30)19-13-18-20(3-2-4-21(18)28-24(19)31)27-22(29)14-5-7-15(25)8-6-14/h2-13H,1H3,(H,26,30)(H,27,29)(H,28,31). The molecule has 0 aliphatic carbocycles. The summed E-state index contributed by atoms with van der Waals surface area (Å²) in [4.78, 5) is 40.4. The number of carbonyl (C=O) groups excluding carboxylic acids is 2. The van der Waals surface area contributed by atoms with Crippen LogP contribution in [0.2, 0.25) is 0 Å². The second-order valence-corrected chi connectivity index (χ2v) is 6.92. The fraction of sp³-hybridized carbons (Fsp3) is 0.0417. The highest BCUT2D eigenvalue weighted by Crippen LogP contribution is 2.23. The number of ether oxygens (including phenoxy) is 1. The van der Waals surface area contributed by atoms with Gasteiger partial charge in [-0.05, 0) is 66.7 Å². The normalized spacial score (nSPS) is 10.6. The summed E-state index contributed by atoms with van der Waals surface area (Å²) < 4.78 is 18.2. The molecule has 0 bridgehead atoms. The lowest BCUT2D eigenvalue weighted by Crippen LogP contribution is -2.23. The summed E-state index contributed by atoms with van der Waals surface area (Å²) in [5.74, 6) is -0.865. The van der Waals surface area contributed by atoms with Gasteiger partial charge in [0.2, 0.25) is 0 Å². The van der Waals surface area contributed by atoms with Gasteiger partial charge in [0.1, 0.15) is 17.1 Å². The molecule has 1 aromatic heterocycles. The number of hydrogen-bond donors (Lipinski definition) is 3. The Hall–Kier alpha value is -4.46. The van der Waals surface area contributed by atoms with Gasteiger partial charge in [0, 0.05) is 16.6 Å². The van der Waals surface area contributed by atoms with Crippen molar-refractivity contribution in [2.45, 2.75) is 0 Å². The van der Waals surface area contributed by atoms with Crippen LogP contribution in [0.1, 0.15) is 20.7 Å². The van der Waals surface area contributed by atoms with Crippen LogP contribution in [0.25, 0.3) is 10.9 Å². The van der Waals surface area contributed by atoms with Gasteiger partial charge >= 0.3 is 0 Å². The van der Waals surface area contributed by atoms with E-state index in [2.05, 4.69) is 15.6 Å². The van der Waals surface area contributed by atoms with Gasteiger partial charge in [0.15, 0.2) is 0 Å². The molecule has 3 N–H and O–H groups in total. The third kappa shape index (κ3) is 4.34. The molecule has 7 nitrogen and oxygen atoms in total. The Labute approximate surface area is 181 Å². The number of anilines is 2. The molecule has 160 valence electrons. The SMILES string of the molecule is COc1ccc(NC(=O)c2cc3c(NC(=O)c4ccc(F)cc4)cccc3[nH]c2=O)cc1. The molecular weight excluding hydrogens is 413 g/mol. The second kappa shape index (κ2) is 8.73. The van der Waals surface area contributed by atoms with E-state index in [-0.39, 0.29) is 11.1 Å². The number of amides is 2. The summed E-state index contributed by atoms with van der Waals surface area (Å²) in [6.45, 7) is 0. The predicted molar refractivity (Wildman–Crippen MR) is 120 cm³/mol. The van der Waals surface area contributed by atoms with E-state index in [0.717, 1.165) is 0 Å². The van der Waals surface area contributed by atoms with Crippen LogP contribution in [0.3, 0.4) is 0 Å². The number of benzene rings is 3. The van der Waals surface area contributed by atoms with Gasteiger partial charge < -0.3 is 20.4 Å². The van der Waals surface area contributed by atoms with Crippen molar-refractivity contribution in [2.24, 2.45) is 0 Å². The highest BCUT2D eigenvalue weighted by Gasteiger charge is 2.15. The lowest BCUT2D eigenvalue weighted by molar-refractivity contribution is 0.101. The van der Waals surface area contributed by atoms with Gasteiger partial charge in [0.25, 0.3) is 17.4 Å². The van der Waals surface area contributed by atoms with Crippen molar-refractivity contribution in [3.05, 3.63) is 100 Å². The van der Waals surface area contributed by atoms with Crippen LogP contribution in [0.4, 0.5) is 15.8 Å². The Morgan fingerprint density at radius 1 is 0.906 bits per heavy atom. The van der Waals surface area contributed by atoms with E-state index in [1.54, 1.807) is 42.5 Å². The van der Waals surface area contributed by atoms with Crippen molar-refractivity contribution >= 4 is 34.1 Å². The largest absolute Gasteiger partial charge is 0.497 e. The number of aromatic amines is 1. The number of halogens is 1. The minimum Gasteiger partial charge on any atom is -0.497 e. The van der Waals surface area contributed by atoms with Crippen LogP contribution in [-0.2, 0) is 0 Å². The van der Waals surface area contributed by atoms with Crippen LogP contribution in [0.15, 0.2) is 77.6 Å². The van der Waals surface area contributed by atoms with Crippen molar-refractivity contribution in [1.29, 1.82) is 0 Å². The maximum absolute atomic E-state index is 13.1. The summed E-state index contributed by atoms with van der Waals surface area (Å²) in [7, 11) is 1.54. The molecule has 2 amide bonds. The van der Waals surface area contributed by atoms with Crippen molar-refractivity contribution in [3.63, 3.8) is 0 Å². The lowest BCUT2D eigenvalue weighted by atomic mass is 10.1. The molecule has 4 rings (SSSR count). The zero-order valence-corrected chi connectivity index (χ0v) is 16.9. The number of nitrogens with one attached hydrogen (secondary N) is 3. The summed E-state index contributed by atoms with van der Waals surface area (Å²) in [5.41, 5.74) is 0.931. The van der Waals surface area contributed by atoms with E-state index in [4.69, 9.17) is 4.74 Å². The molecule has 32 heavy (non-hydrogen) atoms. The molecule has 0 saturated heterocycles. The first kappa shape index (κ1) is 20.8. The van der Waals surface area contributed by atoms with Gasteiger partial charge in [-0.2, -0.15) is 0 Å². The number of rotatable bonds is 5. The molecule has 1 heterocycles. The first-order valence-corrected chi connectivity index (χ1v) is 9.63. The van der Waals surface area contributed by atoms with Gasteiger partial charge in [0.05, 0.1) is 18.3 Å². The molecule has 0 aliphatic rings. The number of hydrogen-bond acceptors (Lipinski definition) is 4. The molecule has 0 spiro atoms. The highest BCUT2D eigenvalue weighted by atomic mass is 19.1. The highest BCUT2D eigenvalue weighted by molar-refractivity contribution is 6.11.